The maximum Gasteiger partial charge on any atom is 0.230 e. The molecule has 2 rings (SSSR count). The third-order valence-corrected chi connectivity index (χ3v) is 5.30. The Morgan fingerprint density at radius 2 is 2.18 bits per heavy atom. The standard InChI is InChI=1S/C16H20BrN3OS/c1-12-9-15(13(2)8-14(12)17)22-10-16(21)19-4-3-6-20-7-5-18-11-20/h5,7-9,11H,3-4,6,10H2,1-2H3,(H,19,21). The van der Waals surface area contributed by atoms with E-state index in [0.29, 0.717) is 12.3 Å². The van der Waals surface area contributed by atoms with E-state index in [9.17, 15) is 4.79 Å². The number of nitrogens with zero attached hydrogens (tertiary/aromatic N) is 2. The average molecular weight is 382 g/mol. The first-order valence-corrected chi connectivity index (χ1v) is 8.96. The molecule has 1 heterocycles. The number of thioether (sulfide) groups is 1. The molecule has 0 aliphatic rings. The third kappa shape index (κ3) is 5.18. The number of aromatic nitrogens is 2. The molecule has 22 heavy (non-hydrogen) atoms. The van der Waals surface area contributed by atoms with E-state index in [1.807, 2.05) is 10.8 Å². The molecule has 0 aliphatic carbocycles. The van der Waals surface area contributed by atoms with E-state index in [2.05, 4.69) is 52.2 Å². The van der Waals surface area contributed by atoms with Crippen LogP contribution in [0.3, 0.4) is 0 Å². The van der Waals surface area contributed by atoms with Crippen LogP contribution in [-0.4, -0.2) is 27.8 Å². The van der Waals surface area contributed by atoms with E-state index in [4.69, 9.17) is 0 Å². The highest BCUT2D eigenvalue weighted by Crippen LogP contribution is 2.28. The summed E-state index contributed by atoms with van der Waals surface area (Å²) in [6.45, 7) is 5.69. The second kappa shape index (κ2) is 8.39. The van der Waals surface area contributed by atoms with E-state index in [1.165, 1.54) is 11.1 Å². The summed E-state index contributed by atoms with van der Waals surface area (Å²) < 4.78 is 3.12. The minimum Gasteiger partial charge on any atom is -0.355 e. The molecule has 1 amide bonds. The summed E-state index contributed by atoms with van der Waals surface area (Å²) in [5, 5.41) is 2.96. The fourth-order valence-corrected chi connectivity index (χ4v) is 3.41. The fourth-order valence-electron chi connectivity index (χ4n) is 2.01. The number of hydrogen-bond acceptors (Lipinski definition) is 3. The predicted octanol–water partition coefficient (Wildman–Crippen LogP) is 3.56. The molecule has 2 aromatic rings. The zero-order valence-corrected chi connectivity index (χ0v) is 15.2. The lowest BCUT2D eigenvalue weighted by Crippen LogP contribution is -2.26. The van der Waals surface area contributed by atoms with Crippen molar-refractivity contribution in [3.63, 3.8) is 0 Å². The first-order chi connectivity index (χ1) is 10.6. The lowest BCUT2D eigenvalue weighted by atomic mass is 10.2. The van der Waals surface area contributed by atoms with Gasteiger partial charge in [0.05, 0.1) is 12.1 Å². The van der Waals surface area contributed by atoms with Crippen molar-refractivity contribution in [1.82, 2.24) is 14.9 Å². The first-order valence-electron chi connectivity index (χ1n) is 7.18. The monoisotopic (exact) mass is 381 g/mol. The predicted molar refractivity (Wildman–Crippen MR) is 94.2 cm³/mol. The molecule has 4 nitrogen and oxygen atoms in total. The first kappa shape index (κ1) is 17.1. The Labute approximate surface area is 143 Å². The summed E-state index contributed by atoms with van der Waals surface area (Å²) in [6.07, 6.45) is 6.38. The van der Waals surface area contributed by atoms with Gasteiger partial charge in [-0.15, -0.1) is 11.8 Å². The highest BCUT2D eigenvalue weighted by Gasteiger charge is 2.07. The molecule has 0 unspecified atom stereocenters. The molecule has 118 valence electrons. The highest BCUT2D eigenvalue weighted by molar-refractivity contribution is 9.10. The van der Waals surface area contributed by atoms with Crippen LogP contribution in [0.4, 0.5) is 0 Å². The van der Waals surface area contributed by atoms with Crippen LogP contribution in [0, 0.1) is 13.8 Å². The van der Waals surface area contributed by atoms with Crippen molar-refractivity contribution < 1.29 is 4.79 Å². The number of carbonyl (C=O) groups excluding carboxylic acids is 1. The molecule has 6 heteroatoms. The van der Waals surface area contributed by atoms with Gasteiger partial charge in [0.15, 0.2) is 0 Å². The third-order valence-electron chi connectivity index (χ3n) is 3.29. The van der Waals surface area contributed by atoms with Crippen LogP contribution >= 0.6 is 27.7 Å². The molecule has 1 aromatic heterocycles. The van der Waals surface area contributed by atoms with Crippen LogP contribution in [0.2, 0.25) is 0 Å². The normalized spacial score (nSPS) is 10.7. The Morgan fingerprint density at radius 1 is 1.36 bits per heavy atom. The van der Waals surface area contributed by atoms with Gasteiger partial charge in [0, 0.05) is 34.9 Å². The Kier molecular flexibility index (Phi) is 6.51. The van der Waals surface area contributed by atoms with E-state index in [1.54, 1.807) is 24.3 Å². The van der Waals surface area contributed by atoms with Crippen LogP contribution < -0.4 is 5.32 Å². The molecule has 1 N–H and O–H groups in total. The van der Waals surface area contributed by atoms with Crippen molar-refractivity contribution in [1.29, 1.82) is 0 Å². The second-order valence-corrected chi connectivity index (χ2v) is 7.03. The van der Waals surface area contributed by atoms with Gasteiger partial charge in [0.25, 0.3) is 0 Å². The molecule has 0 spiro atoms. The Hall–Kier alpha value is -1.27. The van der Waals surface area contributed by atoms with Crippen LogP contribution in [0.1, 0.15) is 17.5 Å². The van der Waals surface area contributed by atoms with E-state index >= 15 is 0 Å². The van der Waals surface area contributed by atoms with E-state index < -0.39 is 0 Å². The number of halogens is 1. The number of carbonyl (C=O) groups is 1. The maximum atomic E-state index is 11.9. The summed E-state index contributed by atoms with van der Waals surface area (Å²) in [5.41, 5.74) is 2.38. The number of nitrogens with one attached hydrogen (secondary N) is 1. The van der Waals surface area contributed by atoms with Gasteiger partial charge in [0.1, 0.15) is 0 Å². The van der Waals surface area contributed by atoms with Crippen LogP contribution in [0.5, 0.6) is 0 Å². The molecule has 0 aliphatic heterocycles. The molecule has 0 saturated carbocycles. The molecule has 0 bridgehead atoms. The zero-order valence-electron chi connectivity index (χ0n) is 12.8. The Balaban J connectivity index is 1.70. The quantitative estimate of drug-likeness (QED) is 0.588. The molecule has 0 saturated heterocycles. The lowest BCUT2D eigenvalue weighted by Gasteiger charge is -2.09. The summed E-state index contributed by atoms with van der Waals surface area (Å²) in [6, 6.07) is 4.22. The Morgan fingerprint density at radius 3 is 2.91 bits per heavy atom. The number of hydrogen-bond donors (Lipinski definition) is 1. The zero-order chi connectivity index (χ0) is 15.9. The number of amides is 1. The number of aryl methyl sites for hydroxylation is 3. The number of imidazole rings is 1. The minimum absolute atomic E-state index is 0.0793. The van der Waals surface area contributed by atoms with Gasteiger partial charge >= 0.3 is 0 Å². The van der Waals surface area contributed by atoms with Gasteiger partial charge in [-0.25, -0.2) is 4.98 Å². The van der Waals surface area contributed by atoms with Crippen molar-refractivity contribution in [3.8, 4) is 0 Å². The average Bonchev–Trinajstić information content (AvgIpc) is 2.99. The van der Waals surface area contributed by atoms with Crippen LogP contribution in [0.15, 0.2) is 40.2 Å². The van der Waals surface area contributed by atoms with Crippen molar-refractivity contribution in [2.45, 2.75) is 31.7 Å². The van der Waals surface area contributed by atoms with Gasteiger partial charge in [-0.3, -0.25) is 4.79 Å². The molecule has 1 aromatic carbocycles. The van der Waals surface area contributed by atoms with Crippen molar-refractivity contribution in [3.05, 3.63) is 46.5 Å². The maximum absolute atomic E-state index is 11.9. The van der Waals surface area contributed by atoms with Crippen LogP contribution in [-0.2, 0) is 11.3 Å². The molecule has 0 radical (unpaired) electrons. The number of benzene rings is 1. The van der Waals surface area contributed by atoms with Crippen molar-refractivity contribution in [2.24, 2.45) is 0 Å². The summed E-state index contributed by atoms with van der Waals surface area (Å²) in [7, 11) is 0. The molecule has 0 atom stereocenters. The van der Waals surface area contributed by atoms with E-state index in [-0.39, 0.29) is 5.91 Å². The second-order valence-electron chi connectivity index (χ2n) is 5.16. The Bertz CT molecular complexity index is 629. The lowest BCUT2D eigenvalue weighted by molar-refractivity contribution is -0.118. The SMILES string of the molecule is Cc1cc(SCC(=O)NCCCn2ccnc2)c(C)cc1Br. The molecular formula is C16H20BrN3OS. The van der Waals surface area contributed by atoms with Gasteiger partial charge in [0.2, 0.25) is 5.91 Å². The molecule has 0 fully saturated rings. The van der Waals surface area contributed by atoms with Crippen LogP contribution in [0.25, 0.3) is 0 Å². The van der Waals surface area contributed by atoms with Gasteiger partial charge in [-0.1, -0.05) is 15.9 Å². The van der Waals surface area contributed by atoms with Gasteiger partial charge in [-0.05, 0) is 43.5 Å². The van der Waals surface area contributed by atoms with Gasteiger partial charge in [-0.2, -0.15) is 0 Å². The molecular weight excluding hydrogens is 362 g/mol. The van der Waals surface area contributed by atoms with Crippen molar-refractivity contribution in [2.75, 3.05) is 12.3 Å². The minimum atomic E-state index is 0.0793. The largest absolute Gasteiger partial charge is 0.355 e. The fraction of sp³-hybridized carbons (Fsp3) is 0.375. The summed E-state index contributed by atoms with van der Waals surface area (Å²) in [4.78, 5) is 17.0. The van der Waals surface area contributed by atoms with Gasteiger partial charge < -0.3 is 9.88 Å². The smallest absolute Gasteiger partial charge is 0.230 e. The van der Waals surface area contributed by atoms with E-state index in [0.717, 1.165) is 22.3 Å². The summed E-state index contributed by atoms with van der Waals surface area (Å²) >= 11 is 5.11. The summed E-state index contributed by atoms with van der Waals surface area (Å²) in [5.74, 6) is 0.531. The highest BCUT2D eigenvalue weighted by atomic mass is 79.9. The topological polar surface area (TPSA) is 46.9 Å². The number of rotatable bonds is 7. The van der Waals surface area contributed by atoms with Crippen molar-refractivity contribution >= 4 is 33.6 Å².